The number of aromatic nitrogens is 1. The molecule has 0 spiro atoms. The Labute approximate surface area is 198 Å². The number of rotatable bonds is 5. The van der Waals surface area contributed by atoms with Crippen molar-refractivity contribution in [3.8, 4) is 17.4 Å². The summed E-state index contributed by atoms with van der Waals surface area (Å²) in [4.78, 5) is 44.7. The Hall–Kier alpha value is -3.62. The van der Waals surface area contributed by atoms with Gasteiger partial charge in [0.25, 0.3) is 0 Å². The number of hydrogen-bond donors (Lipinski definition) is 0. The lowest BCUT2D eigenvalue weighted by molar-refractivity contribution is -0.131. The summed E-state index contributed by atoms with van der Waals surface area (Å²) in [6.45, 7) is 4.90. The average molecular weight is 468 g/mol. The second-order valence-electron chi connectivity index (χ2n) is 8.91. The third-order valence-electron chi connectivity index (χ3n) is 6.46. The van der Waals surface area contributed by atoms with Crippen molar-refractivity contribution in [2.75, 3.05) is 25.7 Å². The van der Waals surface area contributed by atoms with E-state index in [1.165, 1.54) is 17.2 Å². The van der Waals surface area contributed by atoms with Gasteiger partial charge in [0.2, 0.25) is 17.7 Å². The monoisotopic (exact) mass is 467 g/mol. The SMILES string of the molecule is COc1cc2c(cc1OC)CN(C(=O)Oc1ccc(N3C(=O)CC(C(C)C)CC3=O)cn1)CC2. The largest absolute Gasteiger partial charge is 0.493 e. The van der Waals surface area contributed by atoms with Crippen LogP contribution in [0.25, 0.3) is 0 Å². The lowest BCUT2D eigenvalue weighted by Gasteiger charge is -2.31. The molecule has 0 radical (unpaired) electrons. The molecular formula is C25H29N3O6. The molecule has 3 heterocycles. The van der Waals surface area contributed by atoms with Crippen LogP contribution >= 0.6 is 0 Å². The number of fused-ring (bicyclic) bond motifs is 1. The van der Waals surface area contributed by atoms with Crippen molar-refractivity contribution in [1.29, 1.82) is 0 Å². The molecule has 0 aliphatic carbocycles. The Bertz CT molecular complexity index is 1080. The molecule has 9 heteroatoms. The fraction of sp³-hybridized carbons (Fsp3) is 0.440. The zero-order valence-corrected chi connectivity index (χ0v) is 19.9. The van der Waals surface area contributed by atoms with Crippen molar-refractivity contribution >= 4 is 23.6 Å². The molecule has 34 heavy (non-hydrogen) atoms. The van der Waals surface area contributed by atoms with Gasteiger partial charge in [-0.1, -0.05) is 13.8 Å². The van der Waals surface area contributed by atoms with Gasteiger partial charge in [0.1, 0.15) is 0 Å². The van der Waals surface area contributed by atoms with Crippen LogP contribution in [0.15, 0.2) is 30.5 Å². The second-order valence-corrected chi connectivity index (χ2v) is 8.91. The molecule has 1 saturated heterocycles. The van der Waals surface area contributed by atoms with E-state index in [2.05, 4.69) is 4.98 Å². The first-order valence-electron chi connectivity index (χ1n) is 11.3. The van der Waals surface area contributed by atoms with Crippen molar-refractivity contribution < 1.29 is 28.6 Å². The van der Waals surface area contributed by atoms with Gasteiger partial charge in [-0.15, -0.1) is 0 Å². The van der Waals surface area contributed by atoms with Gasteiger partial charge in [0, 0.05) is 32.0 Å². The number of carbonyl (C=O) groups excluding carboxylic acids is 3. The van der Waals surface area contributed by atoms with Crippen molar-refractivity contribution in [2.24, 2.45) is 11.8 Å². The molecule has 4 rings (SSSR count). The van der Waals surface area contributed by atoms with Gasteiger partial charge in [-0.3, -0.25) is 9.59 Å². The van der Waals surface area contributed by atoms with E-state index in [9.17, 15) is 14.4 Å². The molecule has 0 atom stereocenters. The minimum atomic E-state index is -0.523. The molecule has 180 valence electrons. The quantitative estimate of drug-likeness (QED) is 0.620. The van der Waals surface area contributed by atoms with Crippen LogP contribution in [0.1, 0.15) is 37.8 Å². The fourth-order valence-electron chi connectivity index (χ4n) is 4.36. The molecular weight excluding hydrogens is 438 g/mol. The minimum absolute atomic E-state index is 0.0557. The first-order chi connectivity index (χ1) is 16.3. The molecule has 2 aliphatic rings. The van der Waals surface area contributed by atoms with Crippen LogP contribution in [0.2, 0.25) is 0 Å². The van der Waals surface area contributed by atoms with Crippen LogP contribution < -0.4 is 19.1 Å². The molecule has 0 unspecified atom stereocenters. The number of carbonyl (C=O) groups is 3. The van der Waals surface area contributed by atoms with E-state index in [0.717, 1.165) is 11.1 Å². The van der Waals surface area contributed by atoms with Crippen LogP contribution in [0, 0.1) is 11.8 Å². The molecule has 1 aromatic carbocycles. The zero-order chi connectivity index (χ0) is 24.4. The summed E-state index contributed by atoms with van der Waals surface area (Å²) in [5.41, 5.74) is 2.44. The Kier molecular flexibility index (Phi) is 6.72. The smallest absolute Gasteiger partial charge is 0.416 e. The Morgan fingerprint density at radius 2 is 1.68 bits per heavy atom. The maximum absolute atomic E-state index is 12.7. The van der Waals surface area contributed by atoms with Crippen molar-refractivity contribution in [1.82, 2.24) is 9.88 Å². The first kappa shape index (κ1) is 23.5. The van der Waals surface area contributed by atoms with E-state index in [0.29, 0.717) is 49.5 Å². The van der Waals surface area contributed by atoms with Gasteiger partial charge in [0.15, 0.2) is 11.5 Å². The summed E-state index contributed by atoms with van der Waals surface area (Å²) < 4.78 is 16.2. The average Bonchev–Trinajstić information content (AvgIpc) is 2.83. The maximum Gasteiger partial charge on any atom is 0.416 e. The standard InChI is InChI=1S/C25H29N3O6/c1-15(2)17-11-23(29)28(24(30)12-17)19-5-6-22(26-13-19)34-25(31)27-8-7-16-9-20(32-3)21(33-4)10-18(16)14-27/h5-6,9-10,13,15,17H,7-8,11-12,14H2,1-4H3. The van der Waals surface area contributed by atoms with Gasteiger partial charge < -0.3 is 19.1 Å². The maximum atomic E-state index is 12.7. The number of anilines is 1. The highest BCUT2D eigenvalue weighted by atomic mass is 16.6. The number of ether oxygens (including phenoxy) is 3. The molecule has 0 N–H and O–H groups in total. The van der Waals surface area contributed by atoms with E-state index < -0.39 is 6.09 Å². The summed E-state index contributed by atoms with van der Waals surface area (Å²) in [6.07, 6.45) is 2.18. The Morgan fingerprint density at radius 1 is 1.03 bits per heavy atom. The molecule has 0 bridgehead atoms. The van der Waals surface area contributed by atoms with Crippen LogP contribution in [-0.2, 0) is 22.6 Å². The summed E-state index contributed by atoms with van der Waals surface area (Å²) in [6, 6.07) is 6.87. The van der Waals surface area contributed by atoms with Crippen LogP contribution in [0.3, 0.4) is 0 Å². The minimum Gasteiger partial charge on any atom is -0.493 e. The van der Waals surface area contributed by atoms with E-state index in [1.54, 1.807) is 25.2 Å². The van der Waals surface area contributed by atoms with Gasteiger partial charge in [-0.25, -0.2) is 14.7 Å². The summed E-state index contributed by atoms with van der Waals surface area (Å²) >= 11 is 0. The van der Waals surface area contributed by atoms with E-state index in [-0.39, 0.29) is 29.5 Å². The lowest BCUT2D eigenvalue weighted by Crippen LogP contribution is -2.44. The number of benzene rings is 1. The van der Waals surface area contributed by atoms with Crippen molar-refractivity contribution in [3.05, 3.63) is 41.6 Å². The van der Waals surface area contributed by atoms with Crippen molar-refractivity contribution in [2.45, 2.75) is 39.7 Å². The molecule has 3 amide bonds. The highest BCUT2D eigenvalue weighted by Gasteiger charge is 2.35. The topological polar surface area (TPSA) is 98.3 Å². The van der Waals surface area contributed by atoms with E-state index >= 15 is 0 Å². The summed E-state index contributed by atoms with van der Waals surface area (Å²) in [7, 11) is 3.16. The van der Waals surface area contributed by atoms with Crippen LogP contribution in [0.4, 0.5) is 10.5 Å². The Balaban J connectivity index is 1.41. The molecule has 0 saturated carbocycles. The number of methoxy groups -OCH3 is 2. The number of pyridine rings is 1. The predicted octanol–water partition coefficient (Wildman–Crippen LogP) is 3.58. The number of nitrogens with zero attached hydrogens (tertiary/aromatic N) is 3. The van der Waals surface area contributed by atoms with Gasteiger partial charge in [-0.05, 0) is 47.6 Å². The van der Waals surface area contributed by atoms with Crippen LogP contribution in [0.5, 0.6) is 17.4 Å². The fourth-order valence-corrected chi connectivity index (χ4v) is 4.36. The second kappa shape index (κ2) is 9.70. The molecule has 2 aromatic rings. The normalized spacial score (nSPS) is 16.5. The first-order valence-corrected chi connectivity index (χ1v) is 11.3. The summed E-state index contributed by atoms with van der Waals surface area (Å²) in [5, 5.41) is 0. The number of amides is 3. The third-order valence-corrected chi connectivity index (χ3v) is 6.46. The molecule has 2 aliphatic heterocycles. The van der Waals surface area contributed by atoms with E-state index in [4.69, 9.17) is 14.2 Å². The highest BCUT2D eigenvalue weighted by Crippen LogP contribution is 2.34. The lowest BCUT2D eigenvalue weighted by atomic mass is 9.86. The molecule has 1 aromatic heterocycles. The van der Waals surface area contributed by atoms with Gasteiger partial charge >= 0.3 is 6.09 Å². The predicted molar refractivity (Wildman–Crippen MR) is 124 cm³/mol. The highest BCUT2D eigenvalue weighted by molar-refractivity contribution is 6.16. The van der Waals surface area contributed by atoms with Gasteiger partial charge in [-0.2, -0.15) is 0 Å². The number of hydrogen-bond acceptors (Lipinski definition) is 7. The number of imide groups is 1. The zero-order valence-electron chi connectivity index (χ0n) is 19.9. The summed E-state index contributed by atoms with van der Waals surface area (Å²) in [5.74, 6) is 1.21. The third kappa shape index (κ3) is 4.69. The number of piperidine rings is 1. The van der Waals surface area contributed by atoms with Crippen molar-refractivity contribution in [3.63, 3.8) is 0 Å². The molecule has 9 nitrogen and oxygen atoms in total. The Morgan fingerprint density at radius 3 is 2.24 bits per heavy atom. The van der Waals surface area contributed by atoms with Crippen LogP contribution in [-0.4, -0.2) is 48.6 Å². The van der Waals surface area contributed by atoms with Gasteiger partial charge in [0.05, 0.1) is 26.1 Å². The molecule has 1 fully saturated rings. The van der Waals surface area contributed by atoms with E-state index in [1.807, 2.05) is 26.0 Å².